The van der Waals surface area contributed by atoms with Gasteiger partial charge in [-0.1, -0.05) is 32.9 Å². The number of amides is 1. The van der Waals surface area contributed by atoms with Crippen LogP contribution in [0.25, 0.3) is 0 Å². The van der Waals surface area contributed by atoms with Gasteiger partial charge in [0.05, 0.1) is 18.3 Å². The first-order valence-corrected chi connectivity index (χ1v) is 11.6. The van der Waals surface area contributed by atoms with Gasteiger partial charge in [-0.05, 0) is 84.9 Å². The molecule has 4 aliphatic rings. The van der Waals surface area contributed by atoms with Gasteiger partial charge in [-0.3, -0.25) is 4.79 Å². The average molecular weight is 406 g/mol. The van der Waals surface area contributed by atoms with Gasteiger partial charge in [0.25, 0.3) is 0 Å². The minimum atomic E-state index is -0.419. The fourth-order valence-electron chi connectivity index (χ4n) is 8.27. The highest BCUT2D eigenvalue weighted by Gasteiger charge is 2.65. The predicted octanol–water partition coefficient (Wildman–Crippen LogP) is 2.63. The smallest absolute Gasteiger partial charge is 0.217 e. The Labute approximate surface area is 174 Å². The van der Waals surface area contributed by atoms with Crippen LogP contribution >= 0.6 is 0 Å². The molecule has 0 aromatic heterocycles. The number of hydrogen-bond acceptors (Lipinski definition) is 4. The maximum absolute atomic E-state index is 11.5. The van der Waals surface area contributed by atoms with Crippen LogP contribution in [-0.4, -0.2) is 39.5 Å². The lowest BCUT2D eigenvalue weighted by Crippen LogP contribution is -2.61. The van der Waals surface area contributed by atoms with Gasteiger partial charge in [0.1, 0.15) is 0 Å². The monoisotopic (exact) mass is 405 g/mol. The molecule has 0 aromatic rings. The van der Waals surface area contributed by atoms with Gasteiger partial charge in [-0.25, -0.2) is 0 Å². The van der Waals surface area contributed by atoms with Crippen molar-refractivity contribution in [3.63, 3.8) is 0 Å². The number of nitrogens with two attached hydrogens (primary N) is 1. The molecule has 3 fully saturated rings. The molecule has 0 bridgehead atoms. The van der Waals surface area contributed by atoms with Crippen LogP contribution in [0.15, 0.2) is 12.2 Å². The Kier molecular flexibility index (Phi) is 5.40. The quantitative estimate of drug-likeness (QED) is 0.540. The van der Waals surface area contributed by atoms with E-state index >= 15 is 0 Å². The van der Waals surface area contributed by atoms with Gasteiger partial charge in [0, 0.05) is 6.42 Å². The number of aliphatic hydroxyl groups excluding tert-OH is 3. The van der Waals surface area contributed by atoms with Crippen LogP contribution in [0.1, 0.15) is 65.7 Å². The van der Waals surface area contributed by atoms with Crippen LogP contribution in [0.4, 0.5) is 0 Å². The highest BCUT2D eigenvalue weighted by Crippen LogP contribution is 2.67. The normalized spacial score (nSPS) is 52.3. The molecule has 1 amide bonds. The molecule has 11 unspecified atom stereocenters. The van der Waals surface area contributed by atoms with Crippen LogP contribution in [0.5, 0.6) is 0 Å². The van der Waals surface area contributed by atoms with Crippen molar-refractivity contribution in [1.29, 1.82) is 0 Å². The molecular weight excluding hydrogens is 366 g/mol. The summed E-state index contributed by atoms with van der Waals surface area (Å²) in [5, 5.41) is 32.8. The Morgan fingerprint density at radius 3 is 2.55 bits per heavy atom. The highest BCUT2D eigenvalue weighted by atomic mass is 16.3. The maximum atomic E-state index is 11.5. The van der Waals surface area contributed by atoms with E-state index < -0.39 is 12.2 Å². The van der Waals surface area contributed by atoms with Crippen molar-refractivity contribution >= 4 is 5.91 Å². The molecular formula is C24H39NO4. The highest BCUT2D eigenvalue weighted by molar-refractivity contribution is 5.73. The average Bonchev–Trinajstić information content (AvgIpc) is 3.01. The SMILES string of the molecule is CC(CCC(N)=O)C1CCC2C3C(O)CC4CC(O)C=CC4(C)C3CC(O)C12C. The number of hydrogen-bond donors (Lipinski definition) is 4. The molecule has 0 aromatic carbocycles. The molecule has 4 aliphatic carbocycles. The molecule has 11 atom stereocenters. The largest absolute Gasteiger partial charge is 0.393 e. The first kappa shape index (κ1) is 21.3. The van der Waals surface area contributed by atoms with Crippen molar-refractivity contribution in [2.24, 2.45) is 52.1 Å². The Balaban J connectivity index is 1.63. The summed E-state index contributed by atoms with van der Waals surface area (Å²) in [7, 11) is 0. The van der Waals surface area contributed by atoms with Gasteiger partial charge >= 0.3 is 0 Å². The molecule has 0 radical (unpaired) electrons. The lowest BCUT2D eigenvalue weighted by atomic mass is 9.44. The first-order valence-electron chi connectivity index (χ1n) is 11.6. The summed E-state index contributed by atoms with van der Waals surface area (Å²) in [4.78, 5) is 11.3. The lowest BCUT2D eigenvalue weighted by molar-refractivity contribution is -0.187. The number of fused-ring (bicyclic) bond motifs is 5. The van der Waals surface area contributed by atoms with E-state index in [1.807, 2.05) is 6.08 Å². The Bertz CT molecular complexity index is 680. The topological polar surface area (TPSA) is 104 Å². The summed E-state index contributed by atoms with van der Waals surface area (Å²) in [6.07, 6.45) is 8.32. The van der Waals surface area contributed by atoms with Gasteiger partial charge in [-0.2, -0.15) is 0 Å². The molecule has 0 aliphatic heterocycles. The van der Waals surface area contributed by atoms with E-state index in [1.54, 1.807) is 0 Å². The van der Waals surface area contributed by atoms with Gasteiger partial charge in [0.15, 0.2) is 0 Å². The number of carbonyl (C=O) groups is 1. The molecule has 4 rings (SSSR count). The molecule has 0 heterocycles. The molecule has 0 spiro atoms. The van der Waals surface area contributed by atoms with Crippen molar-refractivity contribution in [2.75, 3.05) is 0 Å². The van der Waals surface area contributed by atoms with E-state index in [9.17, 15) is 20.1 Å². The van der Waals surface area contributed by atoms with Crippen molar-refractivity contribution in [2.45, 2.75) is 84.0 Å². The minimum absolute atomic E-state index is 0.0683. The molecule has 0 saturated heterocycles. The third-order valence-electron chi connectivity index (χ3n) is 9.90. The van der Waals surface area contributed by atoms with Crippen molar-refractivity contribution in [3.05, 3.63) is 12.2 Å². The fraction of sp³-hybridized carbons (Fsp3) is 0.875. The van der Waals surface area contributed by atoms with Crippen molar-refractivity contribution in [3.8, 4) is 0 Å². The molecule has 164 valence electrons. The third kappa shape index (κ3) is 3.19. The zero-order chi connectivity index (χ0) is 21.1. The second-order valence-electron chi connectivity index (χ2n) is 11.1. The summed E-state index contributed by atoms with van der Waals surface area (Å²) < 4.78 is 0. The fourth-order valence-corrected chi connectivity index (χ4v) is 8.27. The number of carbonyl (C=O) groups excluding carboxylic acids is 1. The van der Waals surface area contributed by atoms with E-state index in [0.29, 0.717) is 37.0 Å². The van der Waals surface area contributed by atoms with Crippen LogP contribution in [0.3, 0.4) is 0 Å². The summed E-state index contributed by atoms with van der Waals surface area (Å²) in [6, 6.07) is 0. The predicted molar refractivity (Wildman–Crippen MR) is 112 cm³/mol. The second-order valence-corrected chi connectivity index (χ2v) is 11.1. The van der Waals surface area contributed by atoms with E-state index in [-0.39, 0.29) is 40.6 Å². The van der Waals surface area contributed by atoms with Crippen molar-refractivity contribution < 1.29 is 20.1 Å². The van der Waals surface area contributed by atoms with E-state index in [4.69, 9.17) is 5.73 Å². The molecule has 3 saturated carbocycles. The van der Waals surface area contributed by atoms with E-state index in [0.717, 1.165) is 25.7 Å². The van der Waals surface area contributed by atoms with Crippen LogP contribution in [-0.2, 0) is 4.79 Å². The number of primary amides is 1. The lowest BCUT2D eigenvalue weighted by Gasteiger charge is -2.62. The van der Waals surface area contributed by atoms with Gasteiger partial charge in [-0.15, -0.1) is 0 Å². The summed E-state index contributed by atoms with van der Waals surface area (Å²) in [6.45, 7) is 6.71. The van der Waals surface area contributed by atoms with E-state index in [1.165, 1.54) is 0 Å². The maximum Gasteiger partial charge on any atom is 0.217 e. The minimum Gasteiger partial charge on any atom is -0.393 e. The van der Waals surface area contributed by atoms with Crippen molar-refractivity contribution in [1.82, 2.24) is 0 Å². The Hall–Kier alpha value is -0.910. The Morgan fingerprint density at radius 2 is 1.86 bits per heavy atom. The third-order valence-corrected chi connectivity index (χ3v) is 9.90. The van der Waals surface area contributed by atoms with E-state index in [2.05, 4.69) is 26.8 Å². The van der Waals surface area contributed by atoms with Gasteiger partial charge < -0.3 is 21.1 Å². The van der Waals surface area contributed by atoms with Crippen LogP contribution in [0.2, 0.25) is 0 Å². The summed E-state index contributed by atoms with van der Waals surface area (Å²) in [5.41, 5.74) is 5.09. The zero-order valence-electron chi connectivity index (χ0n) is 18.1. The Morgan fingerprint density at radius 1 is 1.14 bits per heavy atom. The number of rotatable bonds is 4. The summed E-state index contributed by atoms with van der Waals surface area (Å²) >= 11 is 0. The second kappa shape index (κ2) is 7.35. The standard InChI is InChI=1S/C24H39NO4/c1-13(4-7-21(25)29)16-5-6-17-22-18(12-20(28)24(16,17)3)23(2)9-8-15(26)10-14(23)11-19(22)27/h8-9,13-20,22,26-28H,4-7,10-12H2,1-3H3,(H2,25,29). The summed E-state index contributed by atoms with van der Waals surface area (Å²) in [5.74, 6) is 1.42. The molecule has 29 heavy (non-hydrogen) atoms. The molecule has 5 N–H and O–H groups in total. The van der Waals surface area contributed by atoms with Crippen LogP contribution in [0, 0.1) is 46.3 Å². The van der Waals surface area contributed by atoms with Crippen LogP contribution < -0.4 is 5.73 Å². The molecule has 5 heteroatoms. The zero-order valence-corrected chi connectivity index (χ0v) is 18.1. The number of allylic oxidation sites excluding steroid dienone is 1. The first-order chi connectivity index (χ1) is 13.6. The molecule has 5 nitrogen and oxygen atoms in total. The number of aliphatic hydroxyl groups is 3. The van der Waals surface area contributed by atoms with Gasteiger partial charge in [0.2, 0.25) is 5.91 Å².